The van der Waals surface area contributed by atoms with E-state index in [2.05, 4.69) is 4.98 Å². The fraction of sp³-hybridized carbons (Fsp3) is 0.500. The molecule has 0 aliphatic heterocycles. The van der Waals surface area contributed by atoms with E-state index in [4.69, 9.17) is 9.52 Å². The van der Waals surface area contributed by atoms with Gasteiger partial charge in [-0.2, -0.15) is 0 Å². The van der Waals surface area contributed by atoms with Crippen LogP contribution in [0.5, 0.6) is 0 Å². The standard InChI is InChI=1S/C10H14N2O4/c1-7-6-11-8(16-7)5-9(13)12(2)4-3-10(14)15/h6H,3-5H2,1-2H3,(H,14,15). The Morgan fingerprint density at radius 3 is 2.75 bits per heavy atom. The minimum Gasteiger partial charge on any atom is -0.481 e. The predicted molar refractivity (Wildman–Crippen MR) is 54.8 cm³/mol. The normalized spacial score (nSPS) is 10.1. The molecule has 88 valence electrons. The van der Waals surface area contributed by atoms with Crippen LogP contribution in [-0.2, 0) is 16.0 Å². The van der Waals surface area contributed by atoms with Crippen molar-refractivity contribution in [3.8, 4) is 0 Å². The second kappa shape index (κ2) is 5.29. The molecule has 0 unspecified atom stereocenters. The minimum absolute atomic E-state index is 0.0595. The number of hydrogen-bond acceptors (Lipinski definition) is 4. The molecule has 0 atom stereocenters. The van der Waals surface area contributed by atoms with Crippen molar-refractivity contribution < 1.29 is 19.1 Å². The Balaban J connectivity index is 2.42. The molecule has 0 fully saturated rings. The molecular weight excluding hydrogens is 212 g/mol. The first kappa shape index (κ1) is 12.2. The zero-order valence-electron chi connectivity index (χ0n) is 9.27. The number of carbonyl (C=O) groups excluding carboxylic acids is 1. The fourth-order valence-electron chi connectivity index (χ4n) is 1.14. The first-order valence-corrected chi connectivity index (χ1v) is 4.86. The molecule has 1 rings (SSSR count). The van der Waals surface area contributed by atoms with Crippen LogP contribution in [-0.4, -0.2) is 40.5 Å². The lowest BCUT2D eigenvalue weighted by Gasteiger charge is -2.14. The van der Waals surface area contributed by atoms with Gasteiger partial charge in [0.2, 0.25) is 11.8 Å². The molecule has 16 heavy (non-hydrogen) atoms. The average Bonchev–Trinajstić information content (AvgIpc) is 2.60. The van der Waals surface area contributed by atoms with E-state index in [1.54, 1.807) is 20.2 Å². The van der Waals surface area contributed by atoms with Crippen molar-refractivity contribution in [1.29, 1.82) is 0 Å². The number of carboxylic acid groups (broad SMARTS) is 1. The molecule has 6 nitrogen and oxygen atoms in total. The first-order chi connectivity index (χ1) is 7.49. The van der Waals surface area contributed by atoms with Crippen molar-refractivity contribution in [2.75, 3.05) is 13.6 Å². The molecule has 1 aromatic heterocycles. The molecule has 1 amide bonds. The van der Waals surface area contributed by atoms with E-state index in [-0.39, 0.29) is 25.3 Å². The highest BCUT2D eigenvalue weighted by atomic mass is 16.4. The minimum atomic E-state index is -0.924. The molecule has 1 aromatic rings. The summed E-state index contributed by atoms with van der Waals surface area (Å²) in [5.74, 6) is -0.129. The Labute approximate surface area is 92.9 Å². The molecule has 0 spiro atoms. The summed E-state index contributed by atoms with van der Waals surface area (Å²) in [4.78, 5) is 27.1. The number of aromatic nitrogens is 1. The number of likely N-dealkylation sites (N-methyl/N-ethyl adjacent to an activating group) is 1. The van der Waals surface area contributed by atoms with Gasteiger partial charge in [0.1, 0.15) is 12.2 Å². The van der Waals surface area contributed by atoms with Crippen molar-refractivity contribution >= 4 is 11.9 Å². The van der Waals surface area contributed by atoms with Gasteiger partial charge in [0.25, 0.3) is 0 Å². The van der Waals surface area contributed by atoms with Crippen LogP contribution in [0, 0.1) is 6.92 Å². The van der Waals surface area contributed by atoms with E-state index in [0.717, 1.165) is 0 Å². The van der Waals surface area contributed by atoms with Crippen LogP contribution in [0.3, 0.4) is 0 Å². The zero-order valence-corrected chi connectivity index (χ0v) is 9.27. The van der Waals surface area contributed by atoms with Crippen LogP contribution >= 0.6 is 0 Å². The number of oxazole rings is 1. The maximum atomic E-state index is 11.6. The quantitative estimate of drug-likeness (QED) is 0.788. The third-order valence-corrected chi connectivity index (χ3v) is 2.06. The lowest BCUT2D eigenvalue weighted by molar-refractivity contribution is -0.138. The van der Waals surface area contributed by atoms with Crippen LogP contribution < -0.4 is 0 Å². The van der Waals surface area contributed by atoms with Crippen LogP contribution in [0.25, 0.3) is 0 Å². The largest absolute Gasteiger partial charge is 0.481 e. The lowest BCUT2D eigenvalue weighted by atomic mass is 10.3. The molecule has 6 heteroatoms. The van der Waals surface area contributed by atoms with E-state index in [0.29, 0.717) is 11.7 Å². The molecule has 0 aliphatic rings. The molecule has 0 aromatic carbocycles. The molecule has 1 N–H and O–H groups in total. The highest BCUT2D eigenvalue weighted by Crippen LogP contribution is 2.04. The van der Waals surface area contributed by atoms with E-state index in [9.17, 15) is 9.59 Å². The molecule has 0 bridgehead atoms. The van der Waals surface area contributed by atoms with Crippen molar-refractivity contribution in [3.63, 3.8) is 0 Å². The highest BCUT2D eigenvalue weighted by molar-refractivity contribution is 5.78. The Bertz CT molecular complexity index is 386. The zero-order chi connectivity index (χ0) is 12.1. The van der Waals surface area contributed by atoms with Crippen LogP contribution in [0.2, 0.25) is 0 Å². The van der Waals surface area contributed by atoms with E-state index in [1.807, 2.05) is 0 Å². The SMILES string of the molecule is Cc1cnc(CC(=O)N(C)CCC(=O)O)o1. The van der Waals surface area contributed by atoms with Gasteiger partial charge in [-0.25, -0.2) is 4.98 Å². The highest BCUT2D eigenvalue weighted by Gasteiger charge is 2.13. The number of aliphatic carboxylic acids is 1. The summed E-state index contributed by atoms with van der Waals surface area (Å²) >= 11 is 0. The van der Waals surface area contributed by atoms with Crippen molar-refractivity contribution in [1.82, 2.24) is 9.88 Å². The third-order valence-electron chi connectivity index (χ3n) is 2.06. The number of aryl methyl sites for hydroxylation is 1. The van der Waals surface area contributed by atoms with Gasteiger partial charge in [-0.05, 0) is 6.92 Å². The van der Waals surface area contributed by atoms with Gasteiger partial charge >= 0.3 is 5.97 Å². The fourth-order valence-corrected chi connectivity index (χ4v) is 1.14. The Hall–Kier alpha value is -1.85. The summed E-state index contributed by atoms with van der Waals surface area (Å²) in [6.45, 7) is 1.93. The molecule has 1 heterocycles. The maximum Gasteiger partial charge on any atom is 0.305 e. The van der Waals surface area contributed by atoms with Gasteiger partial charge in [-0.15, -0.1) is 0 Å². The molecule has 0 radical (unpaired) electrons. The van der Waals surface area contributed by atoms with Gasteiger partial charge in [0, 0.05) is 13.6 Å². The van der Waals surface area contributed by atoms with Gasteiger partial charge in [0.05, 0.1) is 12.6 Å². The summed E-state index contributed by atoms with van der Waals surface area (Å²) in [6.07, 6.45) is 1.54. The second-order valence-electron chi connectivity index (χ2n) is 3.50. The third kappa shape index (κ3) is 3.72. The summed E-state index contributed by atoms with van der Waals surface area (Å²) in [7, 11) is 1.56. The number of rotatable bonds is 5. The molecular formula is C10H14N2O4. The van der Waals surface area contributed by atoms with Crippen molar-refractivity contribution in [3.05, 3.63) is 17.8 Å². The Morgan fingerprint density at radius 2 is 2.25 bits per heavy atom. The molecule has 0 aliphatic carbocycles. The van der Waals surface area contributed by atoms with E-state index in [1.165, 1.54) is 4.90 Å². The summed E-state index contributed by atoms with van der Waals surface area (Å²) < 4.78 is 5.15. The smallest absolute Gasteiger partial charge is 0.305 e. The van der Waals surface area contributed by atoms with Crippen molar-refractivity contribution in [2.24, 2.45) is 0 Å². The first-order valence-electron chi connectivity index (χ1n) is 4.86. The van der Waals surface area contributed by atoms with Crippen LogP contribution in [0.1, 0.15) is 18.1 Å². The lowest BCUT2D eigenvalue weighted by Crippen LogP contribution is -2.30. The molecule has 0 saturated heterocycles. The Morgan fingerprint density at radius 1 is 1.56 bits per heavy atom. The summed E-state index contributed by atoms with van der Waals surface area (Å²) in [6, 6.07) is 0. The number of carboxylic acids is 1. The topological polar surface area (TPSA) is 83.6 Å². The maximum absolute atomic E-state index is 11.6. The predicted octanol–water partition coefficient (Wildman–Crippen LogP) is 0.459. The van der Waals surface area contributed by atoms with Crippen LogP contribution in [0.4, 0.5) is 0 Å². The van der Waals surface area contributed by atoms with Crippen molar-refractivity contribution in [2.45, 2.75) is 19.8 Å². The van der Waals surface area contributed by atoms with E-state index < -0.39 is 5.97 Å². The summed E-state index contributed by atoms with van der Waals surface area (Å²) in [5, 5.41) is 8.47. The number of hydrogen-bond donors (Lipinski definition) is 1. The Kier molecular flexibility index (Phi) is 4.04. The summed E-state index contributed by atoms with van der Waals surface area (Å²) in [5.41, 5.74) is 0. The van der Waals surface area contributed by atoms with Gasteiger partial charge in [0.15, 0.2) is 0 Å². The van der Waals surface area contributed by atoms with Crippen LogP contribution in [0.15, 0.2) is 10.6 Å². The molecule has 0 saturated carbocycles. The average molecular weight is 226 g/mol. The van der Waals surface area contributed by atoms with Gasteiger partial charge < -0.3 is 14.4 Å². The van der Waals surface area contributed by atoms with Gasteiger partial charge in [-0.3, -0.25) is 9.59 Å². The number of amides is 1. The number of carbonyl (C=O) groups is 2. The monoisotopic (exact) mass is 226 g/mol. The second-order valence-corrected chi connectivity index (χ2v) is 3.50. The number of nitrogens with zero attached hydrogens (tertiary/aromatic N) is 2. The van der Waals surface area contributed by atoms with E-state index >= 15 is 0 Å². The van der Waals surface area contributed by atoms with Gasteiger partial charge in [-0.1, -0.05) is 0 Å².